The van der Waals surface area contributed by atoms with E-state index in [4.69, 9.17) is 9.47 Å². The first-order valence-electron chi connectivity index (χ1n) is 5.75. The van der Waals surface area contributed by atoms with Gasteiger partial charge in [0.15, 0.2) is 6.61 Å². The second kappa shape index (κ2) is 6.78. The Kier molecular flexibility index (Phi) is 5.33. The summed E-state index contributed by atoms with van der Waals surface area (Å²) in [6, 6.07) is 7.18. The average Bonchev–Trinajstić information content (AvgIpc) is 2.38. The highest BCUT2D eigenvalue weighted by Gasteiger charge is 2.09. The fourth-order valence-electron chi connectivity index (χ4n) is 1.48. The molecule has 94 valence electrons. The van der Waals surface area contributed by atoms with Crippen molar-refractivity contribution >= 4 is 5.91 Å². The molecule has 0 N–H and O–H groups in total. The Morgan fingerprint density at radius 1 is 1.12 bits per heavy atom. The lowest BCUT2D eigenvalue weighted by Gasteiger charge is -2.18. The second-order valence-electron chi connectivity index (χ2n) is 3.53. The lowest BCUT2D eigenvalue weighted by molar-refractivity contribution is -0.132. The molecule has 0 fully saturated rings. The summed E-state index contributed by atoms with van der Waals surface area (Å²) >= 11 is 0. The quantitative estimate of drug-likeness (QED) is 0.759. The van der Waals surface area contributed by atoms with Gasteiger partial charge in [-0.05, 0) is 38.1 Å². The molecule has 1 aromatic carbocycles. The van der Waals surface area contributed by atoms with Crippen molar-refractivity contribution in [1.29, 1.82) is 0 Å². The number of hydrogen-bond donors (Lipinski definition) is 0. The minimum atomic E-state index is 0.00539. The van der Waals surface area contributed by atoms with Crippen molar-refractivity contribution in [2.45, 2.75) is 13.8 Å². The minimum absolute atomic E-state index is 0.00539. The van der Waals surface area contributed by atoms with Crippen molar-refractivity contribution < 1.29 is 14.3 Å². The molecular formula is C13H19NO3. The number of carbonyl (C=O) groups excluding carboxylic acids is 1. The van der Waals surface area contributed by atoms with Gasteiger partial charge < -0.3 is 14.4 Å². The summed E-state index contributed by atoms with van der Waals surface area (Å²) in [6.45, 7) is 5.40. The van der Waals surface area contributed by atoms with Gasteiger partial charge in [-0.3, -0.25) is 4.79 Å². The van der Waals surface area contributed by atoms with Crippen molar-refractivity contribution in [2.24, 2.45) is 0 Å². The van der Waals surface area contributed by atoms with Gasteiger partial charge in [0.1, 0.15) is 11.5 Å². The SMILES string of the molecule is CCN(CC)C(=O)COc1ccc(OC)cc1. The maximum Gasteiger partial charge on any atom is 0.260 e. The third-order valence-electron chi connectivity index (χ3n) is 2.54. The van der Waals surface area contributed by atoms with Gasteiger partial charge in [0, 0.05) is 13.1 Å². The lowest BCUT2D eigenvalue weighted by atomic mass is 10.3. The molecule has 0 radical (unpaired) electrons. The minimum Gasteiger partial charge on any atom is -0.497 e. The number of amides is 1. The van der Waals surface area contributed by atoms with Crippen molar-refractivity contribution in [3.63, 3.8) is 0 Å². The van der Waals surface area contributed by atoms with Crippen molar-refractivity contribution in [3.8, 4) is 11.5 Å². The Morgan fingerprint density at radius 3 is 2.12 bits per heavy atom. The summed E-state index contributed by atoms with van der Waals surface area (Å²) in [7, 11) is 1.61. The Bertz CT molecular complexity index is 344. The maximum absolute atomic E-state index is 11.7. The van der Waals surface area contributed by atoms with E-state index in [0.29, 0.717) is 18.8 Å². The van der Waals surface area contributed by atoms with Crippen molar-refractivity contribution in [3.05, 3.63) is 24.3 Å². The van der Waals surface area contributed by atoms with Gasteiger partial charge in [0.05, 0.1) is 7.11 Å². The Labute approximate surface area is 102 Å². The summed E-state index contributed by atoms with van der Waals surface area (Å²) in [4.78, 5) is 13.4. The molecule has 0 saturated heterocycles. The van der Waals surface area contributed by atoms with E-state index in [1.807, 2.05) is 13.8 Å². The maximum atomic E-state index is 11.7. The summed E-state index contributed by atoms with van der Waals surface area (Å²) in [5.41, 5.74) is 0. The van der Waals surface area contributed by atoms with Gasteiger partial charge in [0.25, 0.3) is 5.91 Å². The molecule has 4 heteroatoms. The van der Waals surface area contributed by atoms with Gasteiger partial charge >= 0.3 is 0 Å². The van der Waals surface area contributed by atoms with Crippen LogP contribution < -0.4 is 9.47 Å². The number of benzene rings is 1. The molecule has 0 unspecified atom stereocenters. The first kappa shape index (κ1) is 13.4. The highest BCUT2D eigenvalue weighted by molar-refractivity contribution is 5.77. The molecule has 1 rings (SSSR count). The van der Waals surface area contributed by atoms with Crippen LogP contribution in [-0.2, 0) is 4.79 Å². The third kappa shape index (κ3) is 3.98. The van der Waals surface area contributed by atoms with E-state index in [0.717, 1.165) is 5.75 Å². The van der Waals surface area contributed by atoms with E-state index < -0.39 is 0 Å². The first-order valence-corrected chi connectivity index (χ1v) is 5.75. The average molecular weight is 237 g/mol. The van der Waals surface area contributed by atoms with Crippen LogP contribution in [0.5, 0.6) is 11.5 Å². The molecule has 4 nitrogen and oxygen atoms in total. The largest absolute Gasteiger partial charge is 0.497 e. The number of hydrogen-bond acceptors (Lipinski definition) is 3. The molecular weight excluding hydrogens is 218 g/mol. The molecule has 1 amide bonds. The zero-order valence-electron chi connectivity index (χ0n) is 10.6. The molecule has 0 bridgehead atoms. The summed E-state index contributed by atoms with van der Waals surface area (Å²) in [5, 5.41) is 0. The second-order valence-corrected chi connectivity index (χ2v) is 3.53. The number of carbonyl (C=O) groups is 1. The normalized spacial score (nSPS) is 9.82. The molecule has 0 aliphatic heterocycles. The topological polar surface area (TPSA) is 38.8 Å². The zero-order valence-corrected chi connectivity index (χ0v) is 10.6. The molecule has 0 saturated carbocycles. The number of rotatable bonds is 6. The van der Waals surface area contributed by atoms with E-state index in [9.17, 15) is 4.79 Å². The van der Waals surface area contributed by atoms with Gasteiger partial charge in [-0.25, -0.2) is 0 Å². The molecule has 0 spiro atoms. The van der Waals surface area contributed by atoms with Crippen LogP contribution in [0.3, 0.4) is 0 Å². The van der Waals surface area contributed by atoms with Gasteiger partial charge in [0.2, 0.25) is 0 Å². The third-order valence-corrected chi connectivity index (χ3v) is 2.54. The number of nitrogens with zero attached hydrogens (tertiary/aromatic N) is 1. The van der Waals surface area contributed by atoms with Crippen LogP contribution in [0.1, 0.15) is 13.8 Å². The molecule has 0 aromatic heterocycles. The highest BCUT2D eigenvalue weighted by atomic mass is 16.5. The van der Waals surface area contributed by atoms with Gasteiger partial charge in [-0.2, -0.15) is 0 Å². The highest BCUT2D eigenvalue weighted by Crippen LogP contribution is 2.16. The lowest BCUT2D eigenvalue weighted by Crippen LogP contribution is -2.34. The molecule has 0 atom stereocenters. The number of ether oxygens (including phenoxy) is 2. The number of methoxy groups -OCH3 is 1. The van der Waals surface area contributed by atoms with Crippen LogP contribution in [0.15, 0.2) is 24.3 Å². The van der Waals surface area contributed by atoms with E-state index in [1.54, 1.807) is 36.3 Å². The van der Waals surface area contributed by atoms with Gasteiger partial charge in [-0.15, -0.1) is 0 Å². The smallest absolute Gasteiger partial charge is 0.260 e. The van der Waals surface area contributed by atoms with Crippen molar-refractivity contribution in [1.82, 2.24) is 4.90 Å². The fourth-order valence-corrected chi connectivity index (χ4v) is 1.48. The van der Waals surface area contributed by atoms with Crippen molar-refractivity contribution in [2.75, 3.05) is 26.8 Å². The molecule has 0 heterocycles. The van der Waals surface area contributed by atoms with E-state index in [-0.39, 0.29) is 12.5 Å². The Hall–Kier alpha value is -1.71. The summed E-state index contributed by atoms with van der Waals surface area (Å²) in [6.07, 6.45) is 0. The van der Waals surface area contributed by atoms with Gasteiger partial charge in [-0.1, -0.05) is 0 Å². The summed E-state index contributed by atoms with van der Waals surface area (Å²) in [5.74, 6) is 1.45. The standard InChI is InChI=1S/C13H19NO3/c1-4-14(5-2)13(15)10-17-12-8-6-11(16-3)7-9-12/h6-9H,4-5,10H2,1-3H3. The van der Waals surface area contributed by atoms with Crippen LogP contribution >= 0.6 is 0 Å². The Morgan fingerprint density at radius 2 is 1.65 bits per heavy atom. The monoisotopic (exact) mass is 237 g/mol. The molecule has 0 aliphatic carbocycles. The molecule has 1 aromatic rings. The number of likely N-dealkylation sites (N-methyl/N-ethyl adjacent to an activating group) is 1. The predicted octanol–water partition coefficient (Wildman–Crippen LogP) is 1.94. The fraction of sp³-hybridized carbons (Fsp3) is 0.462. The van der Waals surface area contributed by atoms with Crippen LogP contribution in [0.4, 0.5) is 0 Å². The van der Waals surface area contributed by atoms with Crippen LogP contribution in [-0.4, -0.2) is 37.6 Å². The first-order chi connectivity index (χ1) is 8.21. The van der Waals surface area contributed by atoms with Crippen LogP contribution in [0, 0.1) is 0 Å². The predicted molar refractivity (Wildman–Crippen MR) is 66.4 cm³/mol. The van der Waals surface area contributed by atoms with E-state index in [1.165, 1.54) is 0 Å². The zero-order chi connectivity index (χ0) is 12.7. The van der Waals surface area contributed by atoms with E-state index in [2.05, 4.69) is 0 Å². The molecule has 17 heavy (non-hydrogen) atoms. The van der Waals surface area contributed by atoms with Crippen LogP contribution in [0.2, 0.25) is 0 Å². The van der Waals surface area contributed by atoms with E-state index >= 15 is 0 Å². The summed E-state index contributed by atoms with van der Waals surface area (Å²) < 4.78 is 10.4. The molecule has 0 aliphatic rings. The Balaban J connectivity index is 2.46. The van der Waals surface area contributed by atoms with Crippen LogP contribution in [0.25, 0.3) is 0 Å².